The van der Waals surface area contributed by atoms with Crippen LogP contribution in [0.5, 0.6) is 5.75 Å². The van der Waals surface area contributed by atoms with Crippen molar-refractivity contribution >= 4 is 22.2 Å². The molecule has 1 N–H and O–H groups in total. The van der Waals surface area contributed by atoms with Crippen LogP contribution in [0, 0.1) is 11.6 Å². The zero-order valence-electron chi connectivity index (χ0n) is 20.5. The first kappa shape index (κ1) is 23.5. The molecule has 0 bridgehead atoms. The third-order valence-electron chi connectivity index (χ3n) is 6.45. The Bertz CT molecular complexity index is 1860. The molecular formula is C28H22F2N6O2. The summed E-state index contributed by atoms with van der Waals surface area (Å²) in [5.74, 6) is -0.660. The Morgan fingerprint density at radius 2 is 1.84 bits per heavy atom. The molecule has 0 unspecified atom stereocenters. The monoisotopic (exact) mass is 512 g/mol. The molecule has 0 aliphatic rings. The zero-order chi connectivity index (χ0) is 26.4. The summed E-state index contributed by atoms with van der Waals surface area (Å²) in [6.45, 7) is 3.80. The van der Waals surface area contributed by atoms with Crippen molar-refractivity contribution in [1.29, 1.82) is 0 Å². The first-order chi connectivity index (χ1) is 18.5. The number of ether oxygens (including phenoxy) is 1. The van der Waals surface area contributed by atoms with Gasteiger partial charge in [0.1, 0.15) is 23.4 Å². The predicted octanol–water partition coefficient (Wildman–Crippen LogP) is 5.41. The van der Waals surface area contributed by atoms with Crippen molar-refractivity contribution < 1.29 is 13.5 Å². The lowest BCUT2D eigenvalue weighted by Crippen LogP contribution is -2.22. The number of fused-ring (bicyclic) bond motifs is 2. The molecule has 3 heterocycles. The molecular weight excluding hydrogens is 490 g/mol. The van der Waals surface area contributed by atoms with Gasteiger partial charge in [0.05, 0.1) is 23.7 Å². The van der Waals surface area contributed by atoms with E-state index < -0.39 is 23.4 Å². The maximum atomic E-state index is 14.7. The van der Waals surface area contributed by atoms with Crippen LogP contribution in [0.15, 0.2) is 77.9 Å². The third-order valence-corrected chi connectivity index (χ3v) is 6.45. The van der Waals surface area contributed by atoms with E-state index in [-0.39, 0.29) is 18.3 Å². The average Bonchev–Trinajstić information content (AvgIpc) is 3.49. The Hall–Kier alpha value is -4.86. The van der Waals surface area contributed by atoms with Gasteiger partial charge in [0.15, 0.2) is 17.2 Å². The lowest BCUT2D eigenvalue weighted by Gasteiger charge is -2.18. The number of benzene rings is 3. The number of aromatic nitrogens is 6. The average molecular weight is 513 g/mol. The van der Waals surface area contributed by atoms with E-state index in [2.05, 4.69) is 9.97 Å². The van der Waals surface area contributed by atoms with Gasteiger partial charge in [-0.15, -0.1) is 0 Å². The molecule has 0 spiro atoms. The number of H-pyrrole nitrogens is 1. The van der Waals surface area contributed by atoms with Crippen molar-refractivity contribution in [2.45, 2.75) is 19.9 Å². The molecule has 0 saturated carbocycles. The summed E-state index contributed by atoms with van der Waals surface area (Å²) in [4.78, 5) is 30.1. The Morgan fingerprint density at radius 1 is 1.03 bits per heavy atom. The van der Waals surface area contributed by atoms with Crippen molar-refractivity contribution in [3.05, 3.63) is 101 Å². The maximum Gasteiger partial charge on any atom is 0.328 e. The Balaban J connectivity index is 1.64. The van der Waals surface area contributed by atoms with E-state index in [0.29, 0.717) is 33.5 Å². The Kier molecular flexibility index (Phi) is 5.71. The van der Waals surface area contributed by atoms with Crippen molar-refractivity contribution in [2.24, 2.45) is 0 Å². The molecule has 6 aromatic rings. The lowest BCUT2D eigenvalue weighted by molar-refractivity contribution is 0.314. The second-order valence-corrected chi connectivity index (χ2v) is 8.75. The van der Waals surface area contributed by atoms with Gasteiger partial charge in [-0.1, -0.05) is 42.5 Å². The van der Waals surface area contributed by atoms with Gasteiger partial charge < -0.3 is 9.72 Å². The second-order valence-electron chi connectivity index (χ2n) is 8.75. The van der Waals surface area contributed by atoms with E-state index in [9.17, 15) is 13.6 Å². The molecule has 0 fully saturated rings. The van der Waals surface area contributed by atoms with E-state index in [1.807, 2.05) is 30.3 Å². The molecule has 0 amide bonds. The van der Waals surface area contributed by atoms with E-state index in [1.54, 1.807) is 36.6 Å². The normalized spacial score (nSPS) is 12.3. The standard InChI is InChI=1S/C28H22F2N6O2/c1-3-38-25-19(10-7-11-20(25)30)16(2)36-26-24(33-28(36)37)23(17-8-5-4-6-9-17)32-27(34-26)35-15-31-21-13-12-18(29)14-22(21)35/h4-16H,3H2,1-2H3,(H,33,37)/t16-/m1/s1. The quantitative estimate of drug-likeness (QED) is 0.322. The fourth-order valence-electron chi connectivity index (χ4n) is 4.69. The summed E-state index contributed by atoms with van der Waals surface area (Å²) in [5, 5.41) is 0. The van der Waals surface area contributed by atoms with Crippen LogP contribution in [0.25, 0.3) is 39.4 Å². The number of nitrogens with one attached hydrogen (secondary N) is 1. The minimum atomic E-state index is -0.642. The van der Waals surface area contributed by atoms with Crippen molar-refractivity contribution in [1.82, 2.24) is 29.1 Å². The van der Waals surface area contributed by atoms with Crippen LogP contribution in [0.3, 0.4) is 0 Å². The highest BCUT2D eigenvalue weighted by Gasteiger charge is 2.24. The van der Waals surface area contributed by atoms with Crippen LogP contribution in [0.4, 0.5) is 8.78 Å². The van der Waals surface area contributed by atoms with E-state index >= 15 is 0 Å². The molecule has 10 heteroatoms. The first-order valence-corrected chi connectivity index (χ1v) is 12.1. The topological polar surface area (TPSA) is 90.6 Å². The largest absolute Gasteiger partial charge is 0.490 e. The number of aromatic amines is 1. The van der Waals surface area contributed by atoms with Crippen LogP contribution in [-0.4, -0.2) is 35.7 Å². The number of imidazole rings is 2. The fourth-order valence-corrected chi connectivity index (χ4v) is 4.69. The van der Waals surface area contributed by atoms with Crippen molar-refractivity contribution in [3.63, 3.8) is 0 Å². The van der Waals surface area contributed by atoms with Crippen LogP contribution in [0.1, 0.15) is 25.5 Å². The lowest BCUT2D eigenvalue weighted by atomic mass is 10.1. The van der Waals surface area contributed by atoms with Gasteiger partial charge in [0.2, 0.25) is 5.95 Å². The maximum absolute atomic E-state index is 14.7. The zero-order valence-corrected chi connectivity index (χ0v) is 20.5. The molecule has 6 rings (SSSR count). The van der Waals surface area contributed by atoms with Gasteiger partial charge in [-0.25, -0.2) is 23.5 Å². The molecule has 0 radical (unpaired) electrons. The molecule has 190 valence electrons. The van der Waals surface area contributed by atoms with E-state index in [4.69, 9.17) is 14.7 Å². The van der Waals surface area contributed by atoms with Gasteiger partial charge in [-0.05, 0) is 32.0 Å². The third kappa shape index (κ3) is 3.81. The SMILES string of the molecule is CCOc1c(F)cccc1[C@@H](C)n1c(=O)[nH]c2c(-c3ccccc3)nc(-n3cnc4ccc(F)cc43)nc21. The molecule has 3 aromatic carbocycles. The summed E-state index contributed by atoms with van der Waals surface area (Å²) in [6.07, 6.45) is 1.51. The smallest absolute Gasteiger partial charge is 0.328 e. The molecule has 0 aliphatic heterocycles. The van der Waals surface area contributed by atoms with Crippen LogP contribution in [0.2, 0.25) is 0 Å². The summed E-state index contributed by atoms with van der Waals surface area (Å²) in [7, 11) is 0. The van der Waals surface area contributed by atoms with Crippen LogP contribution < -0.4 is 10.4 Å². The van der Waals surface area contributed by atoms with Crippen LogP contribution >= 0.6 is 0 Å². The molecule has 3 aromatic heterocycles. The summed E-state index contributed by atoms with van der Waals surface area (Å²) >= 11 is 0. The van der Waals surface area contributed by atoms with Gasteiger partial charge >= 0.3 is 5.69 Å². The molecule has 38 heavy (non-hydrogen) atoms. The van der Waals surface area contributed by atoms with Gasteiger partial charge in [0.25, 0.3) is 0 Å². The second kappa shape index (κ2) is 9.22. The summed E-state index contributed by atoms with van der Waals surface area (Å²) < 4.78 is 37.4. The minimum absolute atomic E-state index is 0.0809. The van der Waals surface area contributed by atoms with Crippen LogP contribution in [-0.2, 0) is 0 Å². The van der Waals surface area contributed by atoms with Gasteiger partial charge in [0, 0.05) is 17.2 Å². The number of nitrogens with zero attached hydrogens (tertiary/aromatic N) is 5. The minimum Gasteiger partial charge on any atom is -0.490 e. The highest BCUT2D eigenvalue weighted by atomic mass is 19.1. The number of hydrogen-bond acceptors (Lipinski definition) is 5. The summed E-state index contributed by atoms with van der Waals surface area (Å²) in [5.41, 5.74) is 3.05. The number of rotatable bonds is 6. The number of halogens is 2. The highest BCUT2D eigenvalue weighted by molar-refractivity contribution is 5.88. The van der Waals surface area contributed by atoms with Gasteiger partial charge in [-0.2, -0.15) is 4.98 Å². The van der Waals surface area contributed by atoms with E-state index in [1.165, 1.54) is 29.1 Å². The van der Waals surface area contributed by atoms with Crippen molar-refractivity contribution in [3.8, 4) is 23.0 Å². The Morgan fingerprint density at radius 3 is 2.63 bits per heavy atom. The molecule has 8 nitrogen and oxygen atoms in total. The predicted molar refractivity (Wildman–Crippen MR) is 140 cm³/mol. The number of hydrogen-bond donors (Lipinski definition) is 1. The van der Waals surface area contributed by atoms with Gasteiger partial charge in [-0.3, -0.25) is 9.13 Å². The molecule has 1 atom stereocenters. The first-order valence-electron chi connectivity index (χ1n) is 12.1. The number of para-hydroxylation sites is 1. The summed E-state index contributed by atoms with van der Waals surface area (Å²) in [6, 6.07) is 17.6. The molecule has 0 aliphatic carbocycles. The molecule has 0 saturated heterocycles. The Labute approximate surface area is 215 Å². The fraction of sp³-hybridized carbons (Fsp3) is 0.143. The highest BCUT2D eigenvalue weighted by Crippen LogP contribution is 2.33. The van der Waals surface area contributed by atoms with Crippen molar-refractivity contribution in [2.75, 3.05) is 6.61 Å². The van der Waals surface area contributed by atoms with E-state index in [0.717, 1.165) is 5.56 Å².